The molecule has 0 saturated carbocycles. The Morgan fingerprint density at radius 2 is 1.76 bits per heavy atom. The van der Waals surface area contributed by atoms with Crippen molar-refractivity contribution in [1.29, 1.82) is 0 Å². The van der Waals surface area contributed by atoms with Gasteiger partial charge in [-0.3, -0.25) is 14.8 Å². The number of anilines is 1. The van der Waals surface area contributed by atoms with Crippen LogP contribution in [0.4, 0.5) is 11.4 Å². The first-order valence-corrected chi connectivity index (χ1v) is 8.99. The molecule has 2 aromatic rings. The zero-order valence-electron chi connectivity index (χ0n) is 14.4. The summed E-state index contributed by atoms with van der Waals surface area (Å²) in [6, 6.07) is 10.6. The van der Waals surface area contributed by atoms with E-state index < -0.39 is 20.6 Å². The summed E-state index contributed by atoms with van der Waals surface area (Å²) < 4.78 is 32.8. The van der Waals surface area contributed by atoms with E-state index in [9.17, 15) is 18.5 Å². The number of hydrogen-bond acceptors (Lipinski definition) is 5. The van der Waals surface area contributed by atoms with Gasteiger partial charge in [0.2, 0.25) is 0 Å². The molecule has 0 aliphatic carbocycles. The van der Waals surface area contributed by atoms with Crippen LogP contribution in [0.15, 0.2) is 47.4 Å². The number of hydrogen-bond donors (Lipinski definition) is 1. The number of para-hydroxylation sites is 1. The summed E-state index contributed by atoms with van der Waals surface area (Å²) in [7, 11) is -2.70. The second kappa shape index (κ2) is 6.72. The van der Waals surface area contributed by atoms with Gasteiger partial charge < -0.3 is 4.74 Å². The molecule has 0 aliphatic heterocycles. The minimum absolute atomic E-state index is 0.000887. The number of nitro benzene ring substituents is 1. The van der Waals surface area contributed by atoms with Crippen LogP contribution in [0.2, 0.25) is 0 Å². The highest BCUT2D eigenvalue weighted by atomic mass is 32.2. The van der Waals surface area contributed by atoms with E-state index in [1.807, 2.05) is 32.9 Å². The van der Waals surface area contributed by atoms with Gasteiger partial charge in [0.1, 0.15) is 0 Å². The molecule has 0 unspecified atom stereocenters. The van der Waals surface area contributed by atoms with Gasteiger partial charge in [-0.05, 0) is 29.2 Å². The number of sulfonamides is 1. The van der Waals surface area contributed by atoms with Gasteiger partial charge in [-0.15, -0.1) is 0 Å². The Labute approximate surface area is 146 Å². The Morgan fingerprint density at radius 1 is 1.12 bits per heavy atom. The summed E-state index contributed by atoms with van der Waals surface area (Å²) in [5.41, 5.74) is 0.579. The zero-order valence-corrected chi connectivity index (χ0v) is 15.3. The molecule has 0 spiro atoms. The van der Waals surface area contributed by atoms with Crippen LogP contribution in [0.3, 0.4) is 0 Å². The van der Waals surface area contributed by atoms with Crippen molar-refractivity contribution < 1.29 is 18.1 Å². The molecule has 7 nitrogen and oxygen atoms in total. The van der Waals surface area contributed by atoms with Crippen LogP contribution in [-0.2, 0) is 15.4 Å². The zero-order chi connectivity index (χ0) is 18.8. The molecule has 0 atom stereocenters. The highest BCUT2D eigenvalue weighted by molar-refractivity contribution is 7.92. The molecule has 0 heterocycles. The van der Waals surface area contributed by atoms with E-state index in [1.54, 1.807) is 12.1 Å². The quantitative estimate of drug-likeness (QED) is 0.644. The van der Waals surface area contributed by atoms with Crippen molar-refractivity contribution in [2.24, 2.45) is 0 Å². The Bertz CT molecular complexity index is 901. The van der Waals surface area contributed by atoms with Crippen LogP contribution in [0.25, 0.3) is 0 Å². The van der Waals surface area contributed by atoms with Crippen molar-refractivity contribution in [3.05, 3.63) is 58.1 Å². The van der Waals surface area contributed by atoms with E-state index >= 15 is 0 Å². The molecule has 0 aromatic heterocycles. The molecule has 25 heavy (non-hydrogen) atoms. The highest BCUT2D eigenvalue weighted by Crippen LogP contribution is 2.33. The Kier molecular flexibility index (Phi) is 5.03. The van der Waals surface area contributed by atoms with Gasteiger partial charge in [-0.2, -0.15) is 0 Å². The first-order valence-electron chi connectivity index (χ1n) is 7.51. The standard InChI is InChI=1S/C17H20N2O5S/c1-17(2,3)13-7-5-6-8-14(13)18-25(22,23)12-9-10-16(24-4)15(11-12)19(20)21/h5-11,18H,1-4H3. The predicted octanol–water partition coefficient (Wildman–Crippen LogP) is 3.70. The smallest absolute Gasteiger partial charge is 0.312 e. The third-order valence-electron chi connectivity index (χ3n) is 3.64. The van der Waals surface area contributed by atoms with Crippen molar-refractivity contribution in [3.8, 4) is 5.75 Å². The van der Waals surface area contributed by atoms with Crippen molar-refractivity contribution in [2.75, 3.05) is 11.8 Å². The fraction of sp³-hybridized carbons (Fsp3) is 0.294. The number of ether oxygens (including phenoxy) is 1. The van der Waals surface area contributed by atoms with E-state index in [-0.39, 0.29) is 16.1 Å². The number of nitro groups is 1. The molecule has 0 fully saturated rings. The van der Waals surface area contributed by atoms with Crippen LogP contribution in [0, 0.1) is 10.1 Å². The fourth-order valence-electron chi connectivity index (χ4n) is 2.41. The Hall–Kier alpha value is -2.61. The Balaban J connectivity index is 2.48. The highest BCUT2D eigenvalue weighted by Gasteiger charge is 2.24. The van der Waals surface area contributed by atoms with Crippen LogP contribution < -0.4 is 9.46 Å². The summed E-state index contributed by atoms with van der Waals surface area (Å²) in [4.78, 5) is 10.2. The monoisotopic (exact) mass is 364 g/mol. The summed E-state index contributed by atoms with van der Waals surface area (Å²) in [5, 5.41) is 11.1. The summed E-state index contributed by atoms with van der Waals surface area (Å²) in [6.45, 7) is 5.91. The van der Waals surface area contributed by atoms with E-state index in [2.05, 4.69) is 4.72 Å². The topological polar surface area (TPSA) is 98.5 Å². The van der Waals surface area contributed by atoms with Gasteiger partial charge in [0.15, 0.2) is 5.75 Å². The predicted molar refractivity (Wildman–Crippen MR) is 95.6 cm³/mol. The Morgan fingerprint density at radius 3 is 2.32 bits per heavy atom. The molecule has 1 N–H and O–H groups in total. The van der Waals surface area contributed by atoms with E-state index in [0.29, 0.717) is 5.69 Å². The molecule has 0 aliphatic rings. The first-order chi connectivity index (χ1) is 11.6. The summed E-state index contributed by atoms with van der Waals surface area (Å²) >= 11 is 0. The lowest BCUT2D eigenvalue weighted by Crippen LogP contribution is -2.19. The third kappa shape index (κ3) is 4.08. The van der Waals surface area contributed by atoms with E-state index in [4.69, 9.17) is 4.74 Å². The number of benzene rings is 2. The average Bonchev–Trinajstić information content (AvgIpc) is 2.53. The number of nitrogens with one attached hydrogen (secondary N) is 1. The molecule has 2 rings (SSSR count). The number of methoxy groups -OCH3 is 1. The summed E-state index contributed by atoms with van der Waals surface area (Å²) in [5.74, 6) is -0.000887. The molecular formula is C17H20N2O5S. The third-order valence-corrected chi connectivity index (χ3v) is 5.00. The lowest BCUT2D eigenvalue weighted by Gasteiger charge is -2.23. The van der Waals surface area contributed by atoms with E-state index in [1.165, 1.54) is 19.2 Å². The fourth-order valence-corrected chi connectivity index (χ4v) is 3.51. The molecule has 2 aromatic carbocycles. The van der Waals surface area contributed by atoms with Crippen molar-refractivity contribution >= 4 is 21.4 Å². The van der Waals surface area contributed by atoms with Crippen LogP contribution in [0.1, 0.15) is 26.3 Å². The van der Waals surface area contributed by atoms with Gasteiger partial charge in [0.05, 0.1) is 22.6 Å². The number of nitrogens with zero attached hydrogens (tertiary/aromatic N) is 1. The van der Waals surface area contributed by atoms with Gasteiger partial charge in [0, 0.05) is 6.07 Å². The van der Waals surface area contributed by atoms with Gasteiger partial charge in [-0.1, -0.05) is 39.0 Å². The maximum atomic E-state index is 12.7. The minimum atomic E-state index is -3.99. The molecular weight excluding hydrogens is 344 g/mol. The molecule has 0 radical (unpaired) electrons. The summed E-state index contributed by atoms with van der Waals surface area (Å²) in [6.07, 6.45) is 0. The second-order valence-corrected chi connectivity index (χ2v) is 8.17. The van der Waals surface area contributed by atoms with Gasteiger partial charge in [0.25, 0.3) is 10.0 Å². The van der Waals surface area contributed by atoms with Crippen molar-refractivity contribution in [3.63, 3.8) is 0 Å². The van der Waals surface area contributed by atoms with Crippen LogP contribution in [0.5, 0.6) is 5.75 Å². The molecule has 0 saturated heterocycles. The first kappa shape index (κ1) is 18.7. The van der Waals surface area contributed by atoms with Crippen LogP contribution in [-0.4, -0.2) is 20.5 Å². The normalized spacial score (nSPS) is 11.8. The van der Waals surface area contributed by atoms with Crippen molar-refractivity contribution in [2.45, 2.75) is 31.1 Å². The lowest BCUT2D eigenvalue weighted by atomic mass is 9.86. The lowest BCUT2D eigenvalue weighted by molar-refractivity contribution is -0.386. The van der Waals surface area contributed by atoms with Gasteiger partial charge in [-0.25, -0.2) is 8.42 Å². The SMILES string of the molecule is COc1ccc(S(=O)(=O)Nc2ccccc2C(C)(C)C)cc1[N+](=O)[O-]. The molecule has 8 heteroatoms. The molecule has 0 bridgehead atoms. The van der Waals surface area contributed by atoms with Crippen LogP contribution >= 0.6 is 0 Å². The van der Waals surface area contributed by atoms with Crippen molar-refractivity contribution in [1.82, 2.24) is 0 Å². The largest absolute Gasteiger partial charge is 0.490 e. The molecule has 0 amide bonds. The van der Waals surface area contributed by atoms with E-state index in [0.717, 1.165) is 11.6 Å². The minimum Gasteiger partial charge on any atom is -0.490 e. The average molecular weight is 364 g/mol. The second-order valence-electron chi connectivity index (χ2n) is 6.49. The maximum Gasteiger partial charge on any atom is 0.312 e. The van der Waals surface area contributed by atoms with Gasteiger partial charge >= 0.3 is 5.69 Å². The maximum absolute atomic E-state index is 12.7. The molecule has 134 valence electrons. The number of rotatable bonds is 5.